The van der Waals surface area contributed by atoms with Gasteiger partial charge < -0.3 is 14.3 Å². The highest BCUT2D eigenvalue weighted by Gasteiger charge is 2.13. The van der Waals surface area contributed by atoms with Crippen LogP contribution in [0.1, 0.15) is 6.42 Å². The quantitative estimate of drug-likeness (QED) is 0.559. The van der Waals surface area contributed by atoms with Crippen LogP contribution in [0.5, 0.6) is 0 Å². The molecule has 0 unspecified atom stereocenters. The molecule has 6 heteroatoms. The van der Waals surface area contributed by atoms with E-state index in [0.717, 1.165) is 35.2 Å². The molecular weight excluding hydrogens is 284 g/mol. The molecule has 0 radical (unpaired) electrons. The van der Waals surface area contributed by atoms with Crippen LogP contribution in [0.15, 0.2) is 40.1 Å². The maximum atomic E-state index is 5.75. The highest BCUT2D eigenvalue weighted by molar-refractivity contribution is 7.99. The van der Waals surface area contributed by atoms with Gasteiger partial charge in [0.25, 0.3) is 11.1 Å². The number of rotatable bonds is 6. The van der Waals surface area contributed by atoms with Crippen LogP contribution in [0.2, 0.25) is 0 Å². The third kappa shape index (κ3) is 3.28. The van der Waals surface area contributed by atoms with E-state index in [0.29, 0.717) is 11.1 Å². The summed E-state index contributed by atoms with van der Waals surface area (Å²) in [5.41, 5.74) is 2.03. The van der Waals surface area contributed by atoms with Crippen molar-refractivity contribution in [3.8, 4) is 11.5 Å². The summed E-state index contributed by atoms with van der Waals surface area (Å²) in [7, 11) is 4.15. The predicted molar refractivity (Wildman–Crippen MR) is 85.5 cm³/mol. The number of aromatic nitrogens is 3. The Balaban J connectivity index is 1.70. The van der Waals surface area contributed by atoms with E-state index < -0.39 is 0 Å². The number of para-hydroxylation sites is 1. The molecule has 2 aromatic heterocycles. The number of H-pyrrole nitrogens is 1. The van der Waals surface area contributed by atoms with Crippen molar-refractivity contribution in [2.24, 2.45) is 0 Å². The predicted octanol–water partition coefficient (Wildman–Crippen LogP) is 3.26. The maximum Gasteiger partial charge on any atom is 0.276 e. The largest absolute Gasteiger partial charge is 0.411 e. The molecular formula is C15H18N4OS. The minimum Gasteiger partial charge on any atom is -0.411 e. The maximum absolute atomic E-state index is 5.75. The van der Waals surface area contributed by atoms with E-state index >= 15 is 0 Å². The second kappa shape index (κ2) is 6.32. The van der Waals surface area contributed by atoms with E-state index in [9.17, 15) is 0 Å². The molecule has 2 heterocycles. The Morgan fingerprint density at radius 3 is 2.95 bits per heavy atom. The summed E-state index contributed by atoms with van der Waals surface area (Å²) in [6.07, 6.45) is 3.02. The first-order chi connectivity index (χ1) is 10.2. The Hall–Kier alpha value is -1.79. The topological polar surface area (TPSA) is 58.0 Å². The van der Waals surface area contributed by atoms with Gasteiger partial charge in [-0.1, -0.05) is 30.0 Å². The van der Waals surface area contributed by atoms with Crippen LogP contribution in [0.3, 0.4) is 0 Å². The fraction of sp³-hybridized carbons (Fsp3) is 0.333. The van der Waals surface area contributed by atoms with E-state index in [-0.39, 0.29) is 0 Å². The van der Waals surface area contributed by atoms with Gasteiger partial charge in [0.2, 0.25) is 0 Å². The van der Waals surface area contributed by atoms with Crippen molar-refractivity contribution in [2.45, 2.75) is 11.6 Å². The molecule has 0 bridgehead atoms. The van der Waals surface area contributed by atoms with Crippen molar-refractivity contribution in [2.75, 3.05) is 26.4 Å². The smallest absolute Gasteiger partial charge is 0.276 e. The summed E-state index contributed by atoms with van der Waals surface area (Å²) >= 11 is 1.61. The molecule has 3 aromatic rings. The molecule has 110 valence electrons. The Labute approximate surface area is 127 Å². The molecule has 1 aromatic carbocycles. The number of benzene rings is 1. The summed E-state index contributed by atoms with van der Waals surface area (Å²) in [5, 5.41) is 10.0. The van der Waals surface area contributed by atoms with Gasteiger partial charge in [-0.2, -0.15) is 0 Å². The van der Waals surface area contributed by atoms with Gasteiger partial charge in [0, 0.05) is 22.9 Å². The lowest BCUT2D eigenvalue weighted by Gasteiger charge is -2.07. The zero-order valence-corrected chi connectivity index (χ0v) is 13.0. The van der Waals surface area contributed by atoms with E-state index in [1.807, 2.05) is 24.4 Å². The van der Waals surface area contributed by atoms with Gasteiger partial charge in [-0.15, -0.1) is 10.2 Å². The van der Waals surface area contributed by atoms with Crippen molar-refractivity contribution in [1.29, 1.82) is 0 Å². The van der Waals surface area contributed by atoms with Gasteiger partial charge in [-0.05, 0) is 33.1 Å². The number of nitrogens with one attached hydrogen (secondary N) is 1. The van der Waals surface area contributed by atoms with Crippen LogP contribution in [0.25, 0.3) is 22.4 Å². The van der Waals surface area contributed by atoms with Crippen LogP contribution in [-0.2, 0) is 0 Å². The molecule has 3 rings (SSSR count). The van der Waals surface area contributed by atoms with E-state index in [1.165, 1.54) is 0 Å². The Morgan fingerprint density at radius 1 is 1.24 bits per heavy atom. The zero-order valence-electron chi connectivity index (χ0n) is 12.2. The minimum atomic E-state index is 0.572. The molecule has 5 nitrogen and oxygen atoms in total. The normalized spacial score (nSPS) is 11.6. The van der Waals surface area contributed by atoms with Crippen molar-refractivity contribution >= 4 is 22.7 Å². The van der Waals surface area contributed by atoms with Crippen LogP contribution >= 0.6 is 11.8 Å². The monoisotopic (exact) mass is 302 g/mol. The fourth-order valence-corrected chi connectivity index (χ4v) is 2.85. The van der Waals surface area contributed by atoms with E-state index in [1.54, 1.807) is 11.8 Å². The lowest BCUT2D eigenvalue weighted by molar-refractivity contribution is 0.409. The third-order valence-corrected chi connectivity index (χ3v) is 4.11. The lowest BCUT2D eigenvalue weighted by atomic mass is 10.2. The minimum absolute atomic E-state index is 0.572. The molecule has 0 aliphatic heterocycles. The molecule has 0 atom stereocenters. The number of nitrogens with zero attached hydrogens (tertiary/aromatic N) is 3. The summed E-state index contributed by atoms with van der Waals surface area (Å²) in [4.78, 5) is 5.39. The molecule has 1 N–H and O–H groups in total. The SMILES string of the molecule is CN(C)CCCSc1nnc(-c2c[nH]c3ccccc23)o1. The van der Waals surface area contributed by atoms with Crippen molar-refractivity contribution in [3.05, 3.63) is 30.5 Å². The van der Waals surface area contributed by atoms with Crippen LogP contribution < -0.4 is 0 Å². The Bertz CT molecular complexity index is 719. The highest BCUT2D eigenvalue weighted by Crippen LogP contribution is 2.29. The van der Waals surface area contributed by atoms with Crippen LogP contribution in [0.4, 0.5) is 0 Å². The van der Waals surface area contributed by atoms with Gasteiger partial charge >= 0.3 is 0 Å². The first-order valence-electron chi connectivity index (χ1n) is 6.91. The zero-order chi connectivity index (χ0) is 14.7. The second-order valence-electron chi connectivity index (χ2n) is 5.13. The van der Waals surface area contributed by atoms with Gasteiger partial charge in [0.15, 0.2) is 0 Å². The Kier molecular flexibility index (Phi) is 4.26. The number of aromatic amines is 1. The van der Waals surface area contributed by atoms with Gasteiger partial charge in [-0.3, -0.25) is 0 Å². The van der Waals surface area contributed by atoms with E-state index in [2.05, 4.69) is 40.2 Å². The number of hydrogen-bond donors (Lipinski definition) is 1. The molecule has 0 aliphatic rings. The molecule has 21 heavy (non-hydrogen) atoms. The highest BCUT2D eigenvalue weighted by atomic mass is 32.2. The van der Waals surface area contributed by atoms with Crippen molar-refractivity contribution in [1.82, 2.24) is 20.1 Å². The molecule has 0 aliphatic carbocycles. The molecule has 0 amide bonds. The number of fused-ring (bicyclic) bond motifs is 1. The second-order valence-corrected chi connectivity index (χ2v) is 6.17. The van der Waals surface area contributed by atoms with Crippen molar-refractivity contribution < 1.29 is 4.42 Å². The number of hydrogen-bond acceptors (Lipinski definition) is 5. The van der Waals surface area contributed by atoms with Gasteiger partial charge in [-0.25, -0.2) is 0 Å². The third-order valence-electron chi connectivity index (χ3n) is 3.20. The summed E-state index contributed by atoms with van der Waals surface area (Å²) in [6, 6.07) is 8.09. The molecule has 0 saturated heterocycles. The average molecular weight is 302 g/mol. The molecule has 0 spiro atoms. The fourth-order valence-electron chi connectivity index (χ4n) is 2.17. The van der Waals surface area contributed by atoms with Crippen molar-refractivity contribution in [3.63, 3.8) is 0 Å². The summed E-state index contributed by atoms with van der Waals surface area (Å²) in [5.74, 6) is 1.55. The summed E-state index contributed by atoms with van der Waals surface area (Å²) in [6.45, 7) is 1.07. The first kappa shape index (κ1) is 14.2. The standard InChI is InChI=1S/C15H18N4OS/c1-19(2)8-5-9-21-15-18-17-14(20-15)12-10-16-13-7-4-3-6-11(12)13/h3-4,6-7,10,16H,5,8-9H2,1-2H3. The first-order valence-corrected chi connectivity index (χ1v) is 7.90. The lowest BCUT2D eigenvalue weighted by Crippen LogP contribution is -2.13. The Morgan fingerprint density at radius 2 is 2.10 bits per heavy atom. The van der Waals surface area contributed by atoms with Gasteiger partial charge in [0.1, 0.15) is 0 Å². The summed E-state index contributed by atoms with van der Waals surface area (Å²) < 4.78 is 5.75. The number of thioether (sulfide) groups is 1. The average Bonchev–Trinajstić information content (AvgIpc) is 3.09. The molecule has 0 saturated carbocycles. The van der Waals surface area contributed by atoms with Gasteiger partial charge in [0.05, 0.1) is 5.56 Å². The van der Waals surface area contributed by atoms with E-state index in [4.69, 9.17) is 4.42 Å². The molecule has 0 fully saturated rings. The van der Waals surface area contributed by atoms with Crippen LogP contribution in [-0.4, -0.2) is 46.5 Å². The van der Waals surface area contributed by atoms with Crippen LogP contribution in [0, 0.1) is 0 Å².